The minimum absolute atomic E-state index is 0.0488. The molecule has 0 unspecified atom stereocenters. The van der Waals surface area contributed by atoms with Crippen LogP contribution in [0, 0.1) is 0 Å². The number of carbonyl (C=O) groups excluding carboxylic acids is 2. The minimum atomic E-state index is -0.659. The summed E-state index contributed by atoms with van der Waals surface area (Å²) < 4.78 is 27.3. The van der Waals surface area contributed by atoms with Crippen LogP contribution in [0.25, 0.3) is 0 Å². The lowest BCUT2D eigenvalue weighted by molar-refractivity contribution is -0.136. The van der Waals surface area contributed by atoms with E-state index in [1.165, 1.54) is 28.4 Å². The van der Waals surface area contributed by atoms with E-state index < -0.39 is 11.9 Å². The van der Waals surface area contributed by atoms with Gasteiger partial charge in [0.05, 0.1) is 41.1 Å². The lowest BCUT2D eigenvalue weighted by Crippen LogP contribution is -2.36. The van der Waals surface area contributed by atoms with Gasteiger partial charge in [-0.2, -0.15) is 0 Å². The molecule has 2 aromatic rings. The molecule has 1 aliphatic carbocycles. The minimum Gasteiger partial charge on any atom is -0.496 e. The highest BCUT2D eigenvalue weighted by Crippen LogP contribution is 2.49. The number of para-hydroxylation sites is 1. The smallest absolute Gasteiger partial charge is 0.336 e. The zero-order valence-electron chi connectivity index (χ0n) is 21.4. The standard InChI is InChI=1S/C28H31NO7/c1-15-24(28(31)36-6)25(17-13-22(33-3)27(35-5)23(14-17)34-4)26-19(29-15)11-16(12-20(26)30)18-9-7-8-10-21(18)32-2/h7-10,13-14,16,25,29H,11-12H2,1-6H3/t16-,25+/m1/s1. The fourth-order valence-corrected chi connectivity index (χ4v) is 5.24. The number of methoxy groups -OCH3 is 5. The van der Waals surface area contributed by atoms with Crippen molar-refractivity contribution in [3.8, 4) is 23.0 Å². The van der Waals surface area contributed by atoms with Crippen molar-refractivity contribution in [3.63, 3.8) is 0 Å². The molecule has 0 spiro atoms. The van der Waals surface area contributed by atoms with E-state index in [1.54, 1.807) is 19.2 Å². The number of hydrogen-bond acceptors (Lipinski definition) is 8. The number of allylic oxidation sites excluding steroid dienone is 3. The maximum absolute atomic E-state index is 13.8. The number of benzene rings is 2. The van der Waals surface area contributed by atoms with Gasteiger partial charge in [-0.3, -0.25) is 4.79 Å². The molecule has 0 bridgehead atoms. The summed E-state index contributed by atoms with van der Waals surface area (Å²) in [4.78, 5) is 26.8. The fraction of sp³-hybridized carbons (Fsp3) is 0.357. The molecule has 0 radical (unpaired) electrons. The third kappa shape index (κ3) is 4.27. The Bertz CT molecular complexity index is 1240. The molecular weight excluding hydrogens is 462 g/mol. The SMILES string of the molecule is COC(=O)C1=C(C)NC2=C(C(=O)C[C@H](c3ccccc3OC)C2)[C@H]1c1cc(OC)c(OC)c(OC)c1. The lowest BCUT2D eigenvalue weighted by Gasteiger charge is -2.37. The van der Waals surface area contributed by atoms with Crippen LogP contribution in [0.5, 0.6) is 23.0 Å². The van der Waals surface area contributed by atoms with Crippen LogP contribution in [0.4, 0.5) is 0 Å². The number of Topliss-reactive ketones (excluding diaryl/α,β-unsaturated/α-hetero) is 1. The van der Waals surface area contributed by atoms with Crippen molar-refractivity contribution in [3.05, 3.63) is 70.1 Å². The molecule has 0 aromatic heterocycles. The number of nitrogens with one attached hydrogen (secondary N) is 1. The van der Waals surface area contributed by atoms with E-state index in [9.17, 15) is 9.59 Å². The third-order valence-electron chi connectivity index (χ3n) is 6.83. The van der Waals surface area contributed by atoms with Gasteiger partial charge in [-0.05, 0) is 42.7 Å². The van der Waals surface area contributed by atoms with Gasteiger partial charge in [0.1, 0.15) is 5.75 Å². The number of hydrogen-bond donors (Lipinski definition) is 1. The number of dihydropyridines is 1. The Kier molecular flexibility index (Phi) is 7.24. The van der Waals surface area contributed by atoms with Crippen molar-refractivity contribution < 1.29 is 33.3 Å². The number of ether oxygens (including phenoxy) is 5. The normalized spacial score (nSPS) is 19.3. The van der Waals surface area contributed by atoms with E-state index in [0.717, 1.165) is 17.0 Å². The Morgan fingerprint density at radius 3 is 2.11 bits per heavy atom. The topological polar surface area (TPSA) is 92.3 Å². The van der Waals surface area contributed by atoms with Gasteiger partial charge in [-0.25, -0.2) is 4.79 Å². The van der Waals surface area contributed by atoms with E-state index in [2.05, 4.69) is 5.32 Å². The molecule has 1 aliphatic heterocycles. The van der Waals surface area contributed by atoms with Crippen molar-refractivity contribution in [2.24, 2.45) is 0 Å². The first-order valence-electron chi connectivity index (χ1n) is 11.6. The molecule has 8 nitrogen and oxygen atoms in total. The molecule has 190 valence electrons. The molecule has 1 heterocycles. The number of ketones is 1. The van der Waals surface area contributed by atoms with E-state index in [-0.39, 0.29) is 18.1 Å². The van der Waals surface area contributed by atoms with Crippen LogP contribution in [0.15, 0.2) is 58.9 Å². The quantitative estimate of drug-likeness (QED) is 0.572. The predicted molar refractivity (Wildman–Crippen MR) is 134 cm³/mol. The molecule has 2 atom stereocenters. The van der Waals surface area contributed by atoms with E-state index in [0.29, 0.717) is 46.1 Å². The molecule has 0 amide bonds. The Morgan fingerprint density at radius 1 is 0.889 bits per heavy atom. The molecule has 0 fully saturated rings. The molecule has 2 aliphatic rings. The highest BCUT2D eigenvalue weighted by molar-refractivity contribution is 6.04. The summed E-state index contributed by atoms with van der Waals surface area (Å²) in [7, 11) is 7.54. The summed E-state index contributed by atoms with van der Waals surface area (Å²) in [5, 5.41) is 3.34. The zero-order valence-corrected chi connectivity index (χ0v) is 21.4. The highest BCUT2D eigenvalue weighted by Gasteiger charge is 2.42. The van der Waals surface area contributed by atoms with Gasteiger partial charge in [0, 0.05) is 35.2 Å². The third-order valence-corrected chi connectivity index (χ3v) is 6.83. The first kappa shape index (κ1) is 25.2. The Labute approximate surface area is 210 Å². The summed E-state index contributed by atoms with van der Waals surface area (Å²) in [6.07, 6.45) is 0.878. The van der Waals surface area contributed by atoms with Gasteiger partial charge < -0.3 is 29.0 Å². The fourth-order valence-electron chi connectivity index (χ4n) is 5.24. The summed E-state index contributed by atoms with van der Waals surface area (Å²) in [5.41, 5.74) is 3.98. The molecule has 4 rings (SSSR count). The number of rotatable bonds is 7. The van der Waals surface area contributed by atoms with Gasteiger partial charge in [0.2, 0.25) is 5.75 Å². The summed E-state index contributed by atoms with van der Waals surface area (Å²) >= 11 is 0. The zero-order chi connectivity index (χ0) is 26.0. The molecule has 0 saturated heterocycles. The lowest BCUT2D eigenvalue weighted by atomic mass is 9.71. The largest absolute Gasteiger partial charge is 0.496 e. The summed E-state index contributed by atoms with van der Waals surface area (Å²) in [6, 6.07) is 11.3. The Balaban J connectivity index is 1.89. The predicted octanol–water partition coefficient (Wildman–Crippen LogP) is 4.26. The van der Waals surface area contributed by atoms with Gasteiger partial charge in [0.15, 0.2) is 17.3 Å². The van der Waals surface area contributed by atoms with Crippen molar-refractivity contribution >= 4 is 11.8 Å². The Hall–Kier alpha value is -3.94. The van der Waals surface area contributed by atoms with Crippen LogP contribution in [0.1, 0.15) is 42.7 Å². The first-order chi connectivity index (χ1) is 17.4. The summed E-state index contributed by atoms with van der Waals surface area (Å²) in [6.45, 7) is 1.82. The van der Waals surface area contributed by atoms with Crippen molar-refractivity contribution in [1.82, 2.24) is 5.32 Å². The second kappa shape index (κ2) is 10.4. The first-order valence-corrected chi connectivity index (χ1v) is 11.6. The van der Waals surface area contributed by atoms with E-state index in [1.807, 2.05) is 31.2 Å². The molecule has 2 aromatic carbocycles. The molecule has 8 heteroatoms. The number of esters is 1. The van der Waals surface area contributed by atoms with Crippen molar-refractivity contribution in [2.75, 3.05) is 35.5 Å². The second-order valence-corrected chi connectivity index (χ2v) is 8.71. The highest BCUT2D eigenvalue weighted by atomic mass is 16.5. The average molecular weight is 494 g/mol. The van der Waals surface area contributed by atoms with Crippen LogP contribution in [0.2, 0.25) is 0 Å². The molecular formula is C28H31NO7. The second-order valence-electron chi connectivity index (χ2n) is 8.71. The van der Waals surface area contributed by atoms with Crippen molar-refractivity contribution in [1.29, 1.82) is 0 Å². The van der Waals surface area contributed by atoms with E-state index in [4.69, 9.17) is 23.7 Å². The Morgan fingerprint density at radius 2 is 1.53 bits per heavy atom. The monoisotopic (exact) mass is 493 g/mol. The van der Waals surface area contributed by atoms with E-state index >= 15 is 0 Å². The van der Waals surface area contributed by atoms with Crippen LogP contribution in [-0.2, 0) is 14.3 Å². The van der Waals surface area contributed by atoms with Crippen LogP contribution in [-0.4, -0.2) is 47.3 Å². The summed E-state index contributed by atoms with van der Waals surface area (Å²) in [5.74, 6) is 0.769. The maximum Gasteiger partial charge on any atom is 0.336 e. The van der Waals surface area contributed by atoms with Crippen LogP contribution in [0.3, 0.4) is 0 Å². The van der Waals surface area contributed by atoms with Crippen LogP contribution >= 0.6 is 0 Å². The molecule has 36 heavy (non-hydrogen) atoms. The molecule has 0 saturated carbocycles. The van der Waals surface area contributed by atoms with Crippen molar-refractivity contribution in [2.45, 2.75) is 31.6 Å². The maximum atomic E-state index is 13.8. The van der Waals surface area contributed by atoms with Gasteiger partial charge >= 0.3 is 5.97 Å². The van der Waals surface area contributed by atoms with Gasteiger partial charge in [-0.15, -0.1) is 0 Å². The van der Waals surface area contributed by atoms with Gasteiger partial charge in [0.25, 0.3) is 0 Å². The van der Waals surface area contributed by atoms with Gasteiger partial charge in [-0.1, -0.05) is 18.2 Å². The molecule has 1 N–H and O–H groups in total. The average Bonchev–Trinajstić information content (AvgIpc) is 2.90. The van der Waals surface area contributed by atoms with Crippen LogP contribution < -0.4 is 24.3 Å². The number of carbonyl (C=O) groups is 2.